The topological polar surface area (TPSA) is 584 Å². The molecule has 24 N–H and O–H groups in total. The van der Waals surface area contributed by atoms with Gasteiger partial charge in [-0.1, -0.05) is 0 Å². The average Bonchev–Trinajstić information content (AvgIpc) is 3.66. The van der Waals surface area contributed by atoms with Gasteiger partial charge >= 0.3 is 0 Å². The maximum absolute atomic E-state index is 11.7. The van der Waals surface area contributed by atoms with Gasteiger partial charge in [0.15, 0.2) is 44.0 Å². The fourth-order valence-corrected chi connectivity index (χ4v) is 11.1. The van der Waals surface area contributed by atoms with E-state index in [1.807, 2.05) is 0 Å². The molecule has 0 aromatic rings. The summed E-state index contributed by atoms with van der Waals surface area (Å²) < 4.78 is 81.1. The maximum Gasteiger partial charge on any atom is 0.187 e. The van der Waals surface area contributed by atoms with E-state index in [0.29, 0.717) is 19.6 Å². The zero-order valence-electron chi connectivity index (χ0n) is 44.2. The summed E-state index contributed by atoms with van der Waals surface area (Å²) in [6, 6.07) is 0. The Kier molecular flexibility index (Phi) is 24.3. The number of aliphatic hydroxyl groups excluding tert-OH is 20. The molecule has 0 aromatic heterocycles. The van der Waals surface area contributed by atoms with Gasteiger partial charge in [0.1, 0.15) is 171 Å². The minimum absolute atomic E-state index is 0.224. The Hall–Kier alpha value is -1.48. The van der Waals surface area contributed by atoms with E-state index < -0.39 is 255 Å². The lowest BCUT2D eigenvalue weighted by Gasteiger charge is -2.50. The highest BCUT2D eigenvalue weighted by molar-refractivity contribution is 5.02. The van der Waals surface area contributed by atoms with E-state index in [1.165, 1.54) is 0 Å². The quantitative estimate of drug-likeness (QED) is 0.0762. The Morgan fingerprint density at radius 2 is 0.410 bits per heavy atom. The molecular formula is C46H81N3O34. The molecule has 21 aliphatic heterocycles. The zero-order chi connectivity index (χ0) is 60.3. The van der Waals surface area contributed by atoms with Crippen molar-refractivity contribution in [1.82, 2.24) is 10.6 Å². The molecule has 0 aliphatic carbocycles. The molecule has 21 heterocycles. The zero-order valence-corrected chi connectivity index (χ0v) is 44.2. The maximum atomic E-state index is 11.7. The van der Waals surface area contributed by atoms with Crippen LogP contribution in [0.3, 0.4) is 0 Å². The van der Waals surface area contributed by atoms with E-state index in [2.05, 4.69) is 10.6 Å². The molecule has 0 aromatic carbocycles. The molecule has 0 saturated carbocycles. The van der Waals surface area contributed by atoms with Gasteiger partial charge in [-0.15, -0.1) is 0 Å². The lowest BCUT2D eigenvalue weighted by atomic mass is 9.95. The molecule has 21 aliphatic rings. The van der Waals surface area contributed by atoms with Crippen LogP contribution < -0.4 is 16.4 Å². The molecule has 0 unspecified atom stereocenters. The van der Waals surface area contributed by atoms with E-state index in [1.54, 1.807) is 0 Å². The van der Waals surface area contributed by atoms with Crippen LogP contribution in [0.25, 0.3) is 0 Å². The lowest BCUT2D eigenvalue weighted by molar-refractivity contribution is -0.396. The molecule has 83 heavy (non-hydrogen) atoms. The van der Waals surface area contributed by atoms with Crippen LogP contribution in [0, 0.1) is 0 Å². The van der Waals surface area contributed by atoms with Gasteiger partial charge in [0.2, 0.25) is 0 Å². The van der Waals surface area contributed by atoms with E-state index in [-0.39, 0.29) is 13.1 Å². The summed E-state index contributed by atoms with van der Waals surface area (Å²) in [5.41, 5.74) is 5.56. The first-order chi connectivity index (χ1) is 39.7. The van der Waals surface area contributed by atoms with Gasteiger partial charge in [-0.25, -0.2) is 0 Å². The molecular weight excluding hydrogens is 1140 g/mol. The number of nitrogens with one attached hydrogen (secondary N) is 2. The monoisotopic (exact) mass is 1220 g/mol. The van der Waals surface area contributed by atoms with Gasteiger partial charge in [-0.2, -0.15) is 0 Å². The third-order valence-corrected chi connectivity index (χ3v) is 15.7. The molecule has 37 heteroatoms. The second-order valence-electron chi connectivity index (χ2n) is 21.2. The van der Waals surface area contributed by atoms with E-state index in [9.17, 15) is 102 Å². The molecule has 21 fully saturated rings. The van der Waals surface area contributed by atoms with Crippen molar-refractivity contribution in [3.8, 4) is 0 Å². The molecule has 21 saturated heterocycles. The van der Waals surface area contributed by atoms with Crippen molar-refractivity contribution in [2.24, 2.45) is 5.73 Å². The predicted octanol–water partition coefficient (Wildman–Crippen LogP) is -16.1. The fourth-order valence-electron chi connectivity index (χ4n) is 11.1. The summed E-state index contributed by atoms with van der Waals surface area (Å²) in [6.07, 6.45) is -69.2. The third kappa shape index (κ3) is 14.3. The van der Waals surface area contributed by atoms with Crippen molar-refractivity contribution in [3.63, 3.8) is 0 Å². The minimum atomic E-state index is -2.21. The standard InChI is InChI=1S/C46H81N3O34/c47-1-2-48-3-4-49-5-12-33-19(56)26(63)40(70-12)78-34-13(6-50)72-42(28(65)21(34)58)80-36-15(8-52)74-44(30(67)23(36)60)82-38-17(10-54)76-46(32(69)25(38)62)83-39-18(11-55)75-45(31(68)24(39)61)81-37-16(9-53)73-43(29(66)22(37)59)79-35-14(7-51)71-41(77-33)27(64)20(35)57/h12-46,48-69H,1-11,47H2/t12-,13-,14-,15-,16-,17-,18-,19-,20-,21-,22-,23-,24-,25-,26-,27-,28-,29-,30-,31-,32-,33-,34-,35-,36-,37-,38-,39-,40-,41-,42-,43-,44-,45-,46-/m1/s1. The van der Waals surface area contributed by atoms with Crippen molar-refractivity contribution in [1.29, 1.82) is 0 Å². The summed E-state index contributed by atoms with van der Waals surface area (Å²) in [6.45, 7) is -5.14. The van der Waals surface area contributed by atoms with Crippen LogP contribution in [0.2, 0.25) is 0 Å². The van der Waals surface area contributed by atoms with Gasteiger partial charge in [0, 0.05) is 32.7 Å². The SMILES string of the molecule is NCCNCCNC[C@H]1O[C@@H]2O[C@H]3[C@H](O)[C@@H](O)[C@@H](O[C@H]4[C@H](O)[C@@H](O)[C@@H](O[C@H]5[C@H](O)[C@@H](O)[C@@H](O[C@H]6[C@H](O)[C@@H](O)[C@@H](O[C@H]7[C@H](O)[C@@H](O)[C@@H](O[C@H]8[C@H](O)[C@@H](O)[C@@H](O[C@H]1[C@H](O)[C@H]2O)O[C@@H]8CO)O[C@@H]7CO)O[C@@H]6CO)O[C@@H]5CO)O[C@@H]4CO)O[C@@H]3CO. The third-order valence-electron chi connectivity index (χ3n) is 15.7. The molecule has 21 rings (SSSR count). The van der Waals surface area contributed by atoms with Crippen LogP contribution in [0.1, 0.15) is 0 Å². The highest BCUT2D eigenvalue weighted by atomic mass is 16.8. The number of hydrogen-bond donors (Lipinski definition) is 23. The lowest BCUT2D eigenvalue weighted by Crippen LogP contribution is -2.68. The Balaban J connectivity index is 1.09. The Morgan fingerprint density at radius 1 is 0.229 bits per heavy atom. The second-order valence-corrected chi connectivity index (χ2v) is 21.2. The number of nitrogens with two attached hydrogens (primary N) is 1. The first-order valence-corrected chi connectivity index (χ1v) is 27.1. The predicted molar refractivity (Wildman–Crippen MR) is 256 cm³/mol. The summed E-state index contributed by atoms with van der Waals surface area (Å²) in [4.78, 5) is 0. The minimum Gasteiger partial charge on any atom is -0.394 e. The molecule has 14 bridgehead atoms. The number of aliphatic hydroxyl groups is 20. The summed E-state index contributed by atoms with van der Waals surface area (Å²) >= 11 is 0. The summed E-state index contributed by atoms with van der Waals surface area (Å²) in [5, 5.41) is 229. The number of rotatable bonds is 13. The molecule has 0 radical (unpaired) electrons. The van der Waals surface area contributed by atoms with Gasteiger partial charge in [0.25, 0.3) is 0 Å². The van der Waals surface area contributed by atoms with Crippen molar-refractivity contribution >= 4 is 0 Å². The summed E-state index contributed by atoms with van der Waals surface area (Å²) in [5.74, 6) is 0. The van der Waals surface area contributed by atoms with Gasteiger partial charge < -0.3 is 185 Å². The molecule has 0 spiro atoms. The van der Waals surface area contributed by atoms with Crippen molar-refractivity contribution in [2.45, 2.75) is 215 Å². The van der Waals surface area contributed by atoms with Gasteiger partial charge in [0.05, 0.1) is 39.6 Å². The largest absolute Gasteiger partial charge is 0.394 e. The first-order valence-electron chi connectivity index (χ1n) is 27.1. The molecule has 35 atom stereocenters. The Labute approximate surface area is 471 Å². The van der Waals surface area contributed by atoms with Gasteiger partial charge in [-0.3, -0.25) is 0 Å². The van der Waals surface area contributed by atoms with Crippen LogP contribution >= 0.6 is 0 Å². The van der Waals surface area contributed by atoms with Crippen LogP contribution in [0.4, 0.5) is 0 Å². The molecule has 37 nitrogen and oxygen atoms in total. The highest BCUT2D eigenvalue weighted by Gasteiger charge is 2.59. The van der Waals surface area contributed by atoms with E-state index in [0.717, 1.165) is 0 Å². The van der Waals surface area contributed by atoms with Gasteiger partial charge in [-0.05, 0) is 0 Å². The second kappa shape index (κ2) is 29.9. The van der Waals surface area contributed by atoms with Crippen molar-refractivity contribution in [3.05, 3.63) is 0 Å². The average molecular weight is 1220 g/mol. The summed E-state index contributed by atoms with van der Waals surface area (Å²) in [7, 11) is 0. The Morgan fingerprint density at radius 3 is 0.602 bits per heavy atom. The fraction of sp³-hybridized carbons (Fsp3) is 1.00. The molecule has 0 amide bonds. The van der Waals surface area contributed by atoms with Crippen LogP contribution in [-0.4, -0.2) is 389 Å². The number of hydrogen-bond acceptors (Lipinski definition) is 37. The Bertz CT molecular complexity index is 1940. The van der Waals surface area contributed by atoms with Crippen LogP contribution in [0.15, 0.2) is 0 Å². The normalized spacial score (nSPS) is 52.2. The van der Waals surface area contributed by atoms with Crippen LogP contribution in [-0.2, 0) is 66.3 Å². The molecule has 484 valence electrons. The smallest absolute Gasteiger partial charge is 0.187 e. The first kappa shape index (κ1) is 67.5. The van der Waals surface area contributed by atoms with Crippen molar-refractivity contribution in [2.75, 3.05) is 72.4 Å². The van der Waals surface area contributed by atoms with E-state index in [4.69, 9.17) is 72.0 Å². The highest BCUT2D eigenvalue weighted by Crippen LogP contribution is 2.39. The van der Waals surface area contributed by atoms with E-state index >= 15 is 0 Å². The number of ether oxygens (including phenoxy) is 14. The van der Waals surface area contributed by atoms with Crippen molar-refractivity contribution < 1.29 is 168 Å². The van der Waals surface area contributed by atoms with Crippen LogP contribution in [0.5, 0.6) is 0 Å².